The first kappa shape index (κ1) is 19.0. The van der Waals surface area contributed by atoms with Crippen LogP contribution in [0.5, 0.6) is 0 Å². The van der Waals surface area contributed by atoms with Crippen molar-refractivity contribution in [3.8, 4) is 0 Å². The quantitative estimate of drug-likeness (QED) is 0.696. The van der Waals surface area contributed by atoms with Crippen molar-refractivity contribution in [3.63, 3.8) is 0 Å². The van der Waals surface area contributed by atoms with Gasteiger partial charge in [-0.3, -0.25) is 4.79 Å². The zero-order valence-corrected chi connectivity index (χ0v) is 17.1. The Kier molecular flexibility index (Phi) is 4.94. The van der Waals surface area contributed by atoms with Gasteiger partial charge in [0.25, 0.3) is 0 Å². The van der Waals surface area contributed by atoms with E-state index in [-0.39, 0.29) is 35.6 Å². The number of nitrogens with zero attached hydrogens (tertiary/aromatic N) is 3. The van der Waals surface area contributed by atoms with Crippen LogP contribution in [0.4, 0.5) is 5.13 Å². The number of aromatic nitrogens is 2. The topological polar surface area (TPSA) is 105 Å². The number of thiazole rings is 1. The summed E-state index contributed by atoms with van der Waals surface area (Å²) >= 11 is 1.43. The summed E-state index contributed by atoms with van der Waals surface area (Å²) in [5.41, 5.74) is 1.20. The van der Waals surface area contributed by atoms with E-state index >= 15 is 0 Å². The minimum atomic E-state index is -3.67. The summed E-state index contributed by atoms with van der Waals surface area (Å²) in [4.78, 5) is 17.1. The lowest BCUT2D eigenvalue weighted by molar-refractivity contribution is -0.120. The van der Waals surface area contributed by atoms with Gasteiger partial charge in [0, 0.05) is 19.0 Å². The molecule has 1 aliphatic heterocycles. The number of benzene rings is 1. The normalized spacial score (nSPS) is 16.5. The zero-order chi connectivity index (χ0) is 19.9. The molecule has 1 N–H and O–H groups in total. The van der Waals surface area contributed by atoms with E-state index in [0.717, 1.165) is 10.2 Å². The summed E-state index contributed by atoms with van der Waals surface area (Å²) < 4.78 is 33.2. The van der Waals surface area contributed by atoms with Crippen molar-refractivity contribution in [1.82, 2.24) is 14.4 Å². The zero-order valence-electron chi connectivity index (χ0n) is 15.5. The Morgan fingerprint density at radius 3 is 2.61 bits per heavy atom. The standard InChI is InChI=1S/C18H20N4O4S2/c1-11-16(12(2)26-21-11)28(24,25)22-9-7-13(8-10-22)17(23)20-18-19-14-5-3-4-6-15(14)27-18/h3-6,13H,7-10H2,1-2H3,(H,19,20,23). The molecule has 2 aromatic heterocycles. The molecule has 0 bridgehead atoms. The molecular weight excluding hydrogens is 400 g/mol. The lowest BCUT2D eigenvalue weighted by Crippen LogP contribution is -2.41. The molecule has 0 atom stereocenters. The number of carbonyl (C=O) groups is 1. The molecule has 8 nitrogen and oxygen atoms in total. The fraction of sp³-hybridized carbons (Fsp3) is 0.389. The van der Waals surface area contributed by atoms with Gasteiger partial charge in [-0.25, -0.2) is 13.4 Å². The minimum absolute atomic E-state index is 0.117. The highest BCUT2D eigenvalue weighted by Crippen LogP contribution is 2.29. The predicted octanol–water partition coefficient (Wildman–Crippen LogP) is 2.94. The number of carbonyl (C=O) groups excluding carboxylic acids is 1. The molecule has 28 heavy (non-hydrogen) atoms. The molecule has 0 saturated carbocycles. The van der Waals surface area contributed by atoms with E-state index in [1.165, 1.54) is 15.6 Å². The smallest absolute Gasteiger partial charge is 0.248 e. The molecule has 1 amide bonds. The first-order valence-corrected chi connectivity index (χ1v) is 11.2. The van der Waals surface area contributed by atoms with E-state index in [2.05, 4.69) is 15.5 Å². The van der Waals surface area contributed by atoms with Gasteiger partial charge < -0.3 is 9.84 Å². The number of fused-ring (bicyclic) bond motifs is 1. The Hall–Kier alpha value is -2.30. The number of aryl methyl sites for hydroxylation is 2. The Morgan fingerprint density at radius 2 is 1.96 bits per heavy atom. The van der Waals surface area contributed by atoms with Crippen LogP contribution in [-0.4, -0.2) is 41.9 Å². The maximum Gasteiger partial charge on any atom is 0.248 e. The molecule has 0 unspecified atom stereocenters. The van der Waals surface area contributed by atoms with Gasteiger partial charge in [0.2, 0.25) is 15.9 Å². The van der Waals surface area contributed by atoms with E-state index in [1.54, 1.807) is 13.8 Å². The Labute approximate surface area is 166 Å². The van der Waals surface area contributed by atoms with Crippen molar-refractivity contribution >= 4 is 42.6 Å². The second-order valence-corrected chi connectivity index (χ2v) is 9.71. The SMILES string of the molecule is Cc1noc(C)c1S(=O)(=O)N1CCC(C(=O)Nc2nc3ccccc3s2)CC1. The summed E-state index contributed by atoms with van der Waals surface area (Å²) in [6, 6.07) is 7.70. The monoisotopic (exact) mass is 420 g/mol. The maximum atomic E-state index is 12.9. The first-order valence-electron chi connectivity index (χ1n) is 8.95. The number of anilines is 1. The molecule has 0 aliphatic carbocycles. The lowest BCUT2D eigenvalue weighted by atomic mass is 9.97. The van der Waals surface area contributed by atoms with E-state index in [1.807, 2.05) is 24.3 Å². The van der Waals surface area contributed by atoms with Gasteiger partial charge in [-0.2, -0.15) is 4.31 Å². The van der Waals surface area contributed by atoms with Crippen LogP contribution in [-0.2, 0) is 14.8 Å². The van der Waals surface area contributed by atoms with Gasteiger partial charge >= 0.3 is 0 Å². The highest BCUT2D eigenvalue weighted by molar-refractivity contribution is 7.89. The number of nitrogens with one attached hydrogen (secondary N) is 1. The molecule has 0 spiro atoms. The van der Waals surface area contributed by atoms with Gasteiger partial charge in [0.1, 0.15) is 10.6 Å². The second kappa shape index (κ2) is 7.26. The number of sulfonamides is 1. The van der Waals surface area contributed by atoms with Crippen LogP contribution < -0.4 is 5.32 Å². The van der Waals surface area contributed by atoms with E-state index in [9.17, 15) is 13.2 Å². The summed E-state index contributed by atoms with van der Waals surface area (Å²) in [5.74, 6) is -0.0789. The average Bonchev–Trinajstić information content (AvgIpc) is 3.24. The predicted molar refractivity (Wildman–Crippen MR) is 106 cm³/mol. The van der Waals surface area contributed by atoms with Crippen LogP contribution in [0.25, 0.3) is 10.2 Å². The number of hydrogen-bond acceptors (Lipinski definition) is 7. The number of hydrogen-bond donors (Lipinski definition) is 1. The van der Waals surface area contributed by atoms with Crippen molar-refractivity contribution < 1.29 is 17.7 Å². The Morgan fingerprint density at radius 1 is 1.25 bits per heavy atom. The third-order valence-electron chi connectivity index (χ3n) is 4.91. The summed E-state index contributed by atoms with van der Waals surface area (Å²) in [6.45, 7) is 3.77. The van der Waals surface area contributed by atoms with Gasteiger partial charge in [-0.1, -0.05) is 28.6 Å². The highest BCUT2D eigenvalue weighted by Gasteiger charge is 2.35. The van der Waals surface area contributed by atoms with Crippen LogP contribution in [0.2, 0.25) is 0 Å². The molecule has 148 valence electrons. The summed E-state index contributed by atoms with van der Waals surface area (Å²) in [5, 5.41) is 7.18. The van der Waals surface area contributed by atoms with E-state index in [4.69, 9.17) is 4.52 Å². The molecule has 1 aliphatic rings. The summed E-state index contributed by atoms with van der Waals surface area (Å²) in [7, 11) is -3.67. The molecular formula is C18H20N4O4S2. The number of para-hydroxylation sites is 1. The lowest BCUT2D eigenvalue weighted by Gasteiger charge is -2.30. The second-order valence-electron chi connectivity index (χ2n) is 6.81. The van der Waals surface area contributed by atoms with E-state index in [0.29, 0.717) is 23.7 Å². The summed E-state index contributed by atoms with van der Waals surface area (Å²) in [6.07, 6.45) is 0.915. The van der Waals surface area contributed by atoms with Crippen molar-refractivity contribution in [2.75, 3.05) is 18.4 Å². The third kappa shape index (κ3) is 3.43. The van der Waals surface area contributed by atoms with Crippen LogP contribution in [0.15, 0.2) is 33.7 Å². The van der Waals surface area contributed by atoms with E-state index < -0.39 is 10.0 Å². The molecule has 10 heteroatoms. The van der Waals surface area contributed by atoms with Crippen LogP contribution >= 0.6 is 11.3 Å². The Bertz CT molecular complexity index is 1080. The minimum Gasteiger partial charge on any atom is -0.360 e. The van der Waals surface area contributed by atoms with Crippen LogP contribution in [0, 0.1) is 19.8 Å². The first-order chi connectivity index (χ1) is 13.4. The molecule has 1 fully saturated rings. The van der Waals surface area contributed by atoms with Crippen LogP contribution in [0.3, 0.4) is 0 Å². The number of rotatable bonds is 4. The van der Waals surface area contributed by atoms with Gasteiger partial charge in [0.05, 0.1) is 10.2 Å². The molecule has 3 heterocycles. The van der Waals surface area contributed by atoms with Crippen molar-refractivity contribution in [3.05, 3.63) is 35.7 Å². The van der Waals surface area contributed by atoms with Crippen molar-refractivity contribution in [2.45, 2.75) is 31.6 Å². The fourth-order valence-electron chi connectivity index (χ4n) is 3.46. The van der Waals surface area contributed by atoms with Gasteiger partial charge in [0.15, 0.2) is 10.9 Å². The molecule has 0 radical (unpaired) electrons. The number of amides is 1. The van der Waals surface area contributed by atoms with Gasteiger partial charge in [-0.05, 0) is 38.8 Å². The molecule has 1 saturated heterocycles. The van der Waals surface area contributed by atoms with Crippen molar-refractivity contribution in [1.29, 1.82) is 0 Å². The fourth-order valence-corrected chi connectivity index (χ4v) is 6.09. The van der Waals surface area contributed by atoms with Crippen LogP contribution in [0.1, 0.15) is 24.3 Å². The largest absolute Gasteiger partial charge is 0.360 e. The Balaban J connectivity index is 1.41. The molecule has 4 rings (SSSR count). The maximum absolute atomic E-state index is 12.9. The molecule has 3 aromatic rings. The highest BCUT2D eigenvalue weighted by atomic mass is 32.2. The van der Waals surface area contributed by atoms with Gasteiger partial charge in [-0.15, -0.1) is 0 Å². The third-order valence-corrected chi connectivity index (χ3v) is 8.01. The average molecular weight is 421 g/mol. The van der Waals surface area contributed by atoms with Crippen molar-refractivity contribution in [2.24, 2.45) is 5.92 Å². The number of piperidine rings is 1. The molecule has 1 aromatic carbocycles.